The highest BCUT2D eigenvalue weighted by atomic mass is 16.5. The van der Waals surface area contributed by atoms with Crippen LogP contribution >= 0.6 is 0 Å². The Morgan fingerprint density at radius 3 is 2.95 bits per heavy atom. The Labute approximate surface area is 127 Å². The van der Waals surface area contributed by atoms with Crippen LogP contribution < -0.4 is 10.1 Å². The summed E-state index contributed by atoms with van der Waals surface area (Å²) in [4.78, 5) is 2.54. The molecule has 0 spiro atoms. The van der Waals surface area contributed by atoms with Gasteiger partial charge in [-0.1, -0.05) is 13.0 Å². The lowest BCUT2D eigenvalue weighted by molar-refractivity contribution is 0.158. The Morgan fingerprint density at radius 1 is 1.48 bits per heavy atom. The summed E-state index contributed by atoms with van der Waals surface area (Å²) in [7, 11) is 1.60. The third-order valence-electron chi connectivity index (χ3n) is 4.07. The summed E-state index contributed by atoms with van der Waals surface area (Å²) in [5, 5.41) is 12.7. The van der Waals surface area contributed by atoms with Crippen molar-refractivity contribution >= 4 is 0 Å². The first kappa shape index (κ1) is 15.8. The van der Waals surface area contributed by atoms with E-state index in [4.69, 9.17) is 4.74 Å². The van der Waals surface area contributed by atoms with Gasteiger partial charge in [0.2, 0.25) is 0 Å². The number of piperidine rings is 1. The van der Waals surface area contributed by atoms with Crippen LogP contribution in [0.3, 0.4) is 0 Å². The summed E-state index contributed by atoms with van der Waals surface area (Å²) in [6, 6.07) is 8.74. The number of rotatable bonds is 6. The van der Waals surface area contributed by atoms with Crippen LogP contribution in [0.2, 0.25) is 0 Å². The number of ether oxygens (including phenoxy) is 1. The predicted molar refractivity (Wildman–Crippen MR) is 84.3 cm³/mol. The average molecular weight is 287 g/mol. The predicted octanol–water partition coefficient (Wildman–Crippen LogP) is 2.53. The van der Waals surface area contributed by atoms with Gasteiger partial charge in [0.25, 0.3) is 0 Å². The van der Waals surface area contributed by atoms with Crippen molar-refractivity contribution in [2.75, 3.05) is 26.7 Å². The molecule has 0 amide bonds. The Bertz CT molecular complexity index is 489. The molecule has 0 saturated carbocycles. The smallest absolute Gasteiger partial charge is 0.136 e. The zero-order valence-corrected chi connectivity index (χ0v) is 13.1. The third kappa shape index (κ3) is 4.20. The molecule has 1 aromatic carbocycles. The minimum absolute atomic E-state index is 0.603. The van der Waals surface area contributed by atoms with Crippen LogP contribution in [0.25, 0.3) is 0 Å². The fourth-order valence-electron chi connectivity index (χ4n) is 3.00. The van der Waals surface area contributed by atoms with Gasteiger partial charge in [-0.15, -0.1) is 0 Å². The standard InChI is InChI=1S/C17H25N3O/c1-3-9-20(16-5-4-8-19-12-16)13-14-6-7-17(21-2)15(10-14)11-18/h6-7,10,16,19H,3-5,8-9,12-13H2,1-2H3. The maximum Gasteiger partial charge on any atom is 0.136 e. The van der Waals surface area contributed by atoms with Crippen molar-refractivity contribution in [1.29, 1.82) is 5.26 Å². The molecular formula is C17H25N3O. The molecule has 2 rings (SSSR count). The summed E-state index contributed by atoms with van der Waals surface area (Å²) in [5.74, 6) is 0.655. The summed E-state index contributed by atoms with van der Waals surface area (Å²) in [5.41, 5.74) is 1.81. The maximum absolute atomic E-state index is 9.21. The van der Waals surface area contributed by atoms with Gasteiger partial charge >= 0.3 is 0 Å². The maximum atomic E-state index is 9.21. The summed E-state index contributed by atoms with van der Waals surface area (Å²) in [6.45, 7) is 6.43. The minimum Gasteiger partial charge on any atom is -0.495 e. The van der Waals surface area contributed by atoms with E-state index >= 15 is 0 Å². The fraction of sp³-hybridized carbons (Fsp3) is 0.588. The van der Waals surface area contributed by atoms with E-state index in [1.165, 1.54) is 18.4 Å². The topological polar surface area (TPSA) is 48.3 Å². The van der Waals surface area contributed by atoms with E-state index in [1.807, 2.05) is 12.1 Å². The van der Waals surface area contributed by atoms with Crippen LogP contribution in [0.4, 0.5) is 0 Å². The number of hydrogen-bond donors (Lipinski definition) is 1. The lowest BCUT2D eigenvalue weighted by atomic mass is 10.0. The number of hydrogen-bond acceptors (Lipinski definition) is 4. The van der Waals surface area contributed by atoms with E-state index in [9.17, 15) is 5.26 Å². The molecule has 1 fully saturated rings. The number of nitriles is 1. The van der Waals surface area contributed by atoms with Crippen LogP contribution in [0.1, 0.15) is 37.3 Å². The Kier molecular flexibility index (Phi) is 6.04. The zero-order valence-electron chi connectivity index (χ0n) is 13.1. The number of nitrogens with zero attached hydrogens (tertiary/aromatic N) is 2. The van der Waals surface area contributed by atoms with E-state index in [0.29, 0.717) is 17.4 Å². The lowest BCUT2D eigenvalue weighted by Gasteiger charge is -2.34. The van der Waals surface area contributed by atoms with E-state index < -0.39 is 0 Å². The van der Waals surface area contributed by atoms with Gasteiger partial charge in [0.1, 0.15) is 11.8 Å². The van der Waals surface area contributed by atoms with Crippen LogP contribution in [-0.4, -0.2) is 37.7 Å². The van der Waals surface area contributed by atoms with E-state index in [-0.39, 0.29) is 0 Å². The minimum atomic E-state index is 0.603. The fourth-order valence-corrected chi connectivity index (χ4v) is 3.00. The first-order valence-electron chi connectivity index (χ1n) is 7.80. The van der Waals surface area contributed by atoms with Gasteiger partial charge in [-0.25, -0.2) is 0 Å². The van der Waals surface area contributed by atoms with Crippen molar-refractivity contribution in [1.82, 2.24) is 10.2 Å². The van der Waals surface area contributed by atoms with Gasteiger partial charge in [0, 0.05) is 19.1 Å². The molecule has 1 unspecified atom stereocenters. The number of nitrogens with one attached hydrogen (secondary N) is 1. The van der Waals surface area contributed by atoms with E-state index in [0.717, 1.165) is 32.6 Å². The number of methoxy groups -OCH3 is 1. The van der Waals surface area contributed by atoms with Crippen molar-refractivity contribution < 1.29 is 4.74 Å². The van der Waals surface area contributed by atoms with Gasteiger partial charge in [-0.3, -0.25) is 4.90 Å². The van der Waals surface area contributed by atoms with Gasteiger partial charge in [-0.05, 0) is 50.0 Å². The van der Waals surface area contributed by atoms with Gasteiger partial charge < -0.3 is 10.1 Å². The van der Waals surface area contributed by atoms with Crippen molar-refractivity contribution in [3.63, 3.8) is 0 Å². The van der Waals surface area contributed by atoms with E-state index in [2.05, 4.69) is 29.3 Å². The quantitative estimate of drug-likeness (QED) is 0.873. The molecule has 1 aliphatic heterocycles. The van der Waals surface area contributed by atoms with Crippen molar-refractivity contribution in [3.05, 3.63) is 29.3 Å². The zero-order chi connectivity index (χ0) is 15.1. The molecule has 21 heavy (non-hydrogen) atoms. The highest BCUT2D eigenvalue weighted by Gasteiger charge is 2.20. The highest BCUT2D eigenvalue weighted by Crippen LogP contribution is 2.21. The molecule has 0 aromatic heterocycles. The van der Waals surface area contributed by atoms with Crippen molar-refractivity contribution in [3.8, 4) is 11.8 Å². The van der Waals surface area contributed by atoms with E-state index in [1.54, 1.807) is 7.11 Å². The molecule has 1 atom stereocenters. The normalized spacial score (nSPS) is 18.5. The molecule has 1 N–H and O–H groups in total. The molecule has 114 valence electrons. The second-order valence-corrected chi connectivity index (χ2v) is 5.62. The van der Waals surface area contributed by atoms with Crippen LogP contribution in [0, 0.1) is 11.3 Å². The molecule has 0 radical (unpaired) electrons. The molecule has 1 heterocycles. The Balaban J connectivity index is 2.10. The Hall–Kier alpha value is -1.57. The van der Waals surface area contributed by atoms with Crippen LogP contribution in [0.15, 0.2) is 18.2 Å². The first-order valence-corrected chi connectivity index (χ1v) is 7.80. The summed E-state index contributed by atoms with van der Waals surface area (Å²) >= 11 is 0. The van der Waals surface area contributed by atoms with Crippen LogP contribution in [-0.2, 0) is 6.54 Å². The molecule has 1 saturated heterocycles. The van der Waals surface area contributed by atoms with Crippen molar-refractivity contribution in [2.45, 2.75) is 38.8 Å². The molecular weight excluding hydrogens is 262 g/mol. The molecule has 0 bridgehead atoms. The average Bonchev–Trinajstić information content (AvgIpc) is 2.55. The molecule has 4 nitrogen and oxygen atoms in total. The summed E-state index contributed by atoms with van der Waals surface area (Å²) < 4.78 is 5.21. The second kappa shape index (κ2) is 8.02. The van der Waals surface area contributed by atoms with Crippen molar-refractivity contribution in [2.24, 2.45) is 0 Å². The second-order valence-electron chi connectivity index (χ2n) is 5.62. The molecule has 4 heteroatoms. The SMILES string of the molecule is CCCN(Cc1ccc(OC)c(C#N)c1)C1CCCNC1. The van der Waals surface area contributed by atoms with Gasteiger partial charge in [-0.2, -0.15) is 5.26 Å². The van der Waals surface area contributed by atoms with Crippen LogP contribution in [0.5, 0.6) is 5.75 Å². The third-order valence-corrected chi connectivity index (χ3v) is 4.07. The molecule has 0 aliphatic carbocycles. The number of benzene rings is 1. The molecule has 1 aliphatic rings. The highest BCUT2D eigenvalue weighted by molar-refractivity contribution is 5.45. The monoisotopic (exact) mass is 287 g/mol. The summed E-state index contributed by atoms with van der Waals surface area (Å²) in [6.07, 6.45) is 3.66. The first-order chi connectivity index (χ1) is 10.3. The largest absolute Gasteiger partial charge is 0.495 e. The van der Waals surface area contributed by atoms with Gasteiger partial charge in [0.15, 0.2) is 0 Å². The molecule has 1 aromatic rings. The van der Waals surface area contributed by atoms with Gasteiger partial charge in [0.05, 0.1) is 12.7 Å². The Morgan fingerprint density at radius 2 is 2.33 bits per heavy atom. The lowest BCUT2D eigenvalue weighted by Crippen LogP contribution is -2.45.